The number of nitrogens with zero attached hydrogens (tertiary/aromatic N) is 1. The number of amides is 4. The summed E-state index contributed by atoms with van der Waals surface area (Å²) < 4.78 is 9.93. The van der Waals surface area contributed by atoms with Gasteiger partial charge in [-0.2, -0.15) is 0 Å². The van der Waals surface area contributed by atoms with Crippen molar-refractivity contribution in [2.45, 2.75) is 64.7 Å². The number of carbonyl (C=O) groups is 5. The maximum atomic E-state index is 13.0. The number of hydrogen-bond donors (Lipinski definition) is 4. The van der Waals surface area contributed by atoms with Gasteiger partial charge in [-0.25, -0.2) is 0 Å². The second-order valence-electron chi connectivity index (χ2n) is 8.77. The summed E-state index contributed by atoms with van der Waals surface area (Å²) in [6.07, 6.45) is 1.58. The molecule has 1 aromatic carbocycles. The van der Waals surface area contributed by atoms with Gasteiger partial charge in [-0.15, -0.1) is 0 Å². The molecule has 1 heterocycles. The van der Waals surface area contributed by atoms with Gasteiger partial charge in [-0.05, 0) is 25.8 Å². The van der Waals surface area contributed by atoms with Gasteiger partial charge in [0.05, 0.1) is 12.6 Å². The summed E-state index contributed by atoms with van der Waals surface area (Å²) in [5, 5.41) is 13.7. The summed E-state index contributed by atoms with van der Waals surface area (Å²) in [5.74, 6) is -3.14. The Morgan fingerprint density at radius 3 is 2.29 bits per heavy atom. The van der Waals surface area contributed by atoms with Crippen molar-refractivity contribution in [2.24, 2.45) is 0 Å². The number of ketones is 1. The van der Waals surface area contributed by atoms with E-state index >= 15 is 0 Å². The zero-order chi connectivity index (χ0) is 28.1. The first-order valence-electron chi connectivity index (χ1n) is 12.4. The first-order valence-corrected chi connectivity index (χ1v) is 12.4. The summed E-state index contributed by atoms with van der Waals surface area (Å²) in [7, 11) is 1.35. The van der Waals surface area contributed by atoms with Crippen LogP contribution in [0.15, 0.2) is 40.9 Å². The van der Waals surface area contributed by atoms with Gasteiger partial charge in [0.1, 0.15) is 17.8 Å². The minimum Gasteiger partial charge on any atom is -0.382 e. The maximum absolute atomic E-state index is 13.0. The van der Waals surface area contributed by atoms with Crippen LogP contribution in [0.2, 0.25) is 0 Å². The molecule has 4 N–H and O–H groups in total. The van der Waals surface area contributed by atoms with Gasteiger partial charge in [0, 0.05) is 19.7 Å². The van der Waals surface area contributed by atoms with Crippen LogP contribution in [0.5, 0.6) is 0 Å². The third-order valence-corrected chi connectivity index (χ3v) is 5.57. The topological polar surface area (TPSA) is 169 Å². The minimum atomic E-state index is -1.18. The van der Waals surface area contributed by atoms with Crippen molar-refractivity contribution in [3.8, 4) is 0 Å². The molecule has 0 radical (unpaired) electrons. The smallest absolute Gasteiger partial charge is 0.289 e. The van der Waals surface area contributed by atoms with E-state index < -0.39 is 47.5 Å². The third-order valence-electron chi connectivity index (χ3n) is 5.57. The van der Waals surface area contributed by atoms with E-state index in [0.29, 0.717) is 12.2 Å². The monoisotopic (exact) mass is 529 g/mol. The van der Waals surface area contributed by atoms with Crippen LogP contribution < -0.4 is 21.3 Å². The normalized spacial score (nSPS) is 13.1. The summed E-state index contributed by atoms with van der Waals surface area (Å²) in [6, 6.07) is 7.25. The molecule has 0 spiro atoms. The van der Waals surface area contributed by atoms with E-state index in [1.165, 1.54) is 20.1 Å². The summed E-state index contributed by atoms with van der Waals surface area (Å²) in [4.78, 5) is 63.4. The first-order chi connectivity index (χ1) is 18.2. The fourth-order valence-corrected chi connectivity index (χ4v) is 3.43. The highest BCUT2D eigenvalue weighted by Crippen LogP contribution is 2.05. The second-order valence-corrected chi connectivity index (χ2v) is 8.77. The summed E-state index contributed by atoms with van der Waals surface area (Å²) >= 11 is 0. The van der Waals surface area contributed by atoms with Crippen molar-refractivity contribution < 1.29 is 33.2 Å². The lowest BCUT2D eigenvalue weighted by atomic mass is 10.0. The Bertz CT molecular complexity index is 1100. The highest BCUT2D eigenvalue weighted by atomic mass is 16.5. The molecule has 0 aliphatic heterocycles. The molecule has 3 unspecified atom stereocenters. The number of Topliss-reactive ketones (excluding diaryl/α,β-unsaturated/α-hetero) is 1. The van der Waals surface area contributed by atoms with Gasteiger partial charge in [-0.1, -0.05) is 55.3 Å². The minimum absolute atomic E-state index is 0.0103. The molecular formula is C26H35N5O7. The van der Waals surface area contributed by atoms with E-state index in [9.17, 15) is 24.0 Å². The number of hydrogen-bond acceptors (Lipinski definition) is 8. The Balaban J connectivity index is 2.00. The Hall–Kier alpha value is -4.06. The molecule has 38 heavy (non-hydrogen) atoms. The van der Waals surface area contributed by atoms with E-state index in [1.807, 2.05) is 37.3 Å². The van der Waals surface area contributed by atoms with Crippen LogP contribution in [-0.2, 0) is 30.5 Å². The lowest BCUT2D eigenvalue weighted by Crippen LogP contribution is -2.57. The Morgan fingerprint density at radius 2 is 1.68 bits per heavy atom. The molecule has 0 bridgehead atoms. The van der Waals surface area contributed by atoms with Gasteiger partial charge in [-0.3, -0.25) is 24.0 Å². The number of rotatable bonds is 15. The predicted octanol–water partition coefficient (Wildman–Crippen LogP) is 0.793. The molecule has 0 saturated carbocycles. The molecular weight excluding hydrogens is 494 g/mol. The first kappa shape index (κ1) is 30.2. The summed E-state index contributed by atoms with van der Waals surface area (Å²) in [6.45, 7) is 4.95. The van der Waals surface area contributed by atoms with Crippen LogP contribution in [0.3, 0.4) is 0 Å². The number of methoxy groups -OCH3 is 1. The lowest BCUT2D eigenvalue weighted by Gasteiger charge is -2.23. The average Bonchev–Trinajstić information content (AvgIpc) is 3.35. The van der Waals surface area contributed by atoms with Crippen molar-refractivity contribution in [1.29, 1.82) is 0 Å². The lowest BCUT2D eigenvalue weighted by molar-refractivity contribution is -0.141. The number of aryl methyl sites for hydroxylation is 1. The highest BCUT2D eigenvalue weighted by Gasteiger charge is 2.31. The van der Waals surface area contributed by atoms with Crippen LogP contribution in [0, 0.1) is 6.92 Å². The number of unbranched alkanes of at least 4 members (excludes halogenated alkanes) is 1. The molecule has 0 fully saturated rings. The second kappa shape index (κ2) is 15.3. The molecule has 2 rings (SSSR count). The van der Waals surface area contributed by atoms with Gasteiger partial charge in [0.15, 0.2) is 5.69 Å². The van der Waals surface area contributed by atoms with Crippen LogP contribution >= 0.6 is 0 Å². The zero-order valence-corrected chi connectivity index (χ0v) is 22.0. The van der Waals surface area contributed by atoms with Crippen LogP contribution in [0.25, 0.3) is 0 Å². The van der Waals surface area contributed by atoms with Gasteiger partial charge in [0.2, 0.25) is 17.6 Å². The number of benzene rings is 1. The van der Waals surface area contributed by atoms with Gasteiger partial charge in [0.25, 0.3) is 11.8 Å². The quantitative estimate of drug-likeness (QED) is 0.246. The molecule has 4 amide bonds. The number of aromatic nitrogens is 1. The molecule has 12 nitrogen and oxygen atoms in total. The maximum Gasteiger partial charge on any atom is 0.289 e. The third kappa shape index (κ3) is 9.43. The Labute approximate surface area is 221 Å². The molecule has 12 heteroatoms. The molecule has 0 aliphatic rings. The van der Waals surface area contributed by atoms with E-state index in [4.69, 9.17) is 9.26 Å². The fourth-order valence-electron chi connectivity index (χ4n) is 3.43. The molecule has 2 aromatic rings. The van der Waals surface area contributed by atoms with E-state index in [2.05, 4.69) is 26.4 Å². The summed E-state index contributed by atoms with van der Waals surface area (Å²) in [5.41, 5.74) is 0.835. The van der Waals surface area contributed by atoms with Gasteiger partial charge < -0.3 is 30.5 Å². The predicted molar refractivity (Wildman–Crippen MR) is 137 cm³/mol. The largest absolute Gasteiger partial charge is 0.382 e. The number of carbonyl (C=O) groups excluding carboxylic acids is 5. The van der Waals surface area contributed by atoms with Crippen molar-refractivity contribution >= 4 is 29.4 Å². The standard InChI is InChI=1S/C26H35N5O7/c1-5-6-12-19(22(32)26(36)27-14-18-10-8-7-9-11-18)29-25(35)21(15-37-4)30-23(33)17(3)28-24(34)20-13-16(2)38-31-20/h7-11,13,17,19,21H,5-6,12,14-15H2,1-4H3,(H,27,36)(H,28,34)(H,29,35)(H,30,33). The molecule has 0 aliphatic carbocycles. The SMILES string of the molecule is CCCCC(NC(=O)C(COC)NC(=O)C(C)NC(=O)c1cc(C)on1)C(=O)C(=O)NCc1ccccc1. The van der Waals surface area contributed by atoms with Crippen LogP contribution in [0.1, 0.15) is 54.9 Å². The van der Waals surface area contributed by atoms with Crippen molar-refractivity contribution in [3.05, 3.63) is 53.4 Å². The van der Waals surface area contributed by atoms with Crippen LogP contribution in [0.4, 0.5) is 0 Å². The molecule has 3 atom stereocenters. The fraction of sp³-hybridized carbons (Fsp3) is 0.462. The molecule has 0 saturated heterocycles. The van der Waals surface area contributed by atoms with Crippen molar-refractivity contribution in [3.63, 3.8) is 0 Å². The van der Waals surface area contributed by atoms with E-state index in [-0.39, 0.29) is 25.3 Å². The number of nitrogens with one attached hydrogen (secondary N) is 4. The molecule has 206 valence electrons. The van der Waals surface area contributed by atoms with Gasteiger partial charge >= 0.3 is 0 Å². The highest BCUT2D eigenvalue weighted by molar-refractivity contribution is 6.38. The zero-order valence-electron chi connectivity index (χ0n) is 22.0. The van der Waals surface area contributed by atoms with E-state index in [0.717, 1.165) is 12.0 Å². The van der Waals surface area contributed by atoms with Crippen LogP contribution in [-0.4, -0.2) is 66.4 Å². The average molecular weight is 530 g/mol. The van der Waals surface area contributed by atoms with E-state index in [1.54, 1.807) is 6.92 Å². The molecule has 1 aromatic heterocycles. The Morgan fingerprint density at radius 1 is 1.00 bits per heavy atom. The number of ether oxygens (including phenoxy) is 1. The van der Waals surface area contributed by atoms with Crippen molar-refractivity contribution in [1.82, 2.24) is 26.4 Å². The van der Waals surface area contributed by atoms with Crippen molar-refractivity contribution in [2.75, 3.05) is 13.7 Å². The Kier molecular flexibility index (Phi) is 12.1.